The zero-order valence-electron chi connectivity index (χ0n) is 29.1. The van der Waals surface area contributed by atoms with Gasteiger partial charge < -0.3 is 31.2 Å². The van der Waals surface area contributed by atoms with E-state index in [0.29, 0.717) is 23.7 Å². The summed E-state index contributed by atoms with van der Waals surface area (Å²) in [5.41, 5.74) is 6.41. The van der Waals surface area contributed by atoms with Crippen molar-refractivity contribution < 1.29 is 31.2 Å². The summed E-state index contributed by atoms with van der Waals surface area (Å²) in [5, 5.41) is 1.01. The minimum Gasteiger partial charge on any atom is -0.493 e. The number of ether oxygens (including phenoxy) is 1. The van der Waals surface area contributed by atoms with E-state index in [2.05, 4.69) is 37.3 Å². The van der Waals surface area contributed by atoms with E-state index in [1.54, 1.807) is 7.11 Å². The van der Waals surface area contributed by atoms with Gasteiger partial charge in [-0.05, 0) is 87.2 Å². The first-order chi connectivity index (χ1) is 25.0. The lowest BCUT2D eigenvalue weighted by Crippen LogP contribution is -2.02. The summed E-state index contributed by atoms with van der Waals surface area (Å²) in [4.78, 5) is 0. The van der Waals surface area contributed by atoms with Gasteiger partial charge in [0.15, 0.2) is 11.5 Å². The van der Waals surface area contributed by atoms with E-state index in [1.165, 1.54) is 0 Å². The third kappa shape index (κ3) is 7.96. The van der Waals surface area contributed by atoms with Gasteiger partial charge in [0.05, 0.1) is 7.11 Å². The number of rotatable bonds is 8. The van der Waals surface area contributed by atoms with Crippen molar-refractivity contribution in [2.75, 3.05) is 7.11 Å². The molecule has 0 N–H and O–H groups in total. The molecule has 0 fully saturated rings. The molecular formula is C42H40O7P2. The van der Waals surface area contributed by atoms with Gasteiger partial charge in [-0.25, -0.2) is 0 Å². The summed E-state index contributed by atoms with van der Waals surface area (Å²) >= 11 is 0. The summed E-state index contributed by atoms with van der Waals surface area (Å²) < 4.78 is 45.3. The molecule has 0 bridgehead atoms. The number of benzene rings is 4. The van der Waals surface area contributed by atoms with Gasteiger partial charge in [0.25, 0.3) is 0 Å². The molecule has 7 rings (SSSR count). The smallest absolute Gasteiger partial charge is 0.493 e. The predicted molar refractivity (Wildman–Crippen MR) is 206 cm³/mol. The Balaban J connectivity index is 1.33. The second-order valence-corrected chi connectivity index (χ2v) is 14.2. The molecule has 260 valence electrons. The van der Waals surface area contributed by atoms with Crippen molar-refractivity contribution in [2.24, 2.45) is 0 Å². The van der Waals surface area contributed by atoms with Gasteiger partial charge >= 0.3 is 16.8 Å². The van der Waals surface area contributed by atoms with Crippen LogP contribution in [0.4, 0.5) is 0 Å². The fraction of sp³-hybridized carbons (Fsp3) is 0.190. The molecule has 7 nitrogen and oxygen atoms in total. The first-order valence-corrected chi connectivity index (χ1v) is 19.2. The van der Waals surface area contributed by atoms with Crippen LogP contribution in [0.2, 0.25) is 0 Å². The highest BCUT2D eigenvalue weighted by molar-refractivity contribution is 7.42. The molecule has 2 aliphatic rings. The average molecular weight is 719 g/mol. The summed E-state index contributed by atoms with van der Waals surface area (Å²) in [7, 11) is -2.19. The number of aryl methyl sites for hydroxylation is 3. The van der Waals surface area contributed by atoms with Crippen molar-refractivity contribution in [3.63, 3.8) is 0 Å². The van der Waals surface area contributed by atoms with Crippen molar-refractivity contribution in [1.29, 1.82) is 0 Å². The van der Waals surface area contributed by atoms with Crippen LogP contribution in [-0.2, 0) is 17.4 Å². The topological polar surface area (TPSA) is 72.4 Å². The van der Waals surface area contributed by atoms with Crippen LogP contribution in [0, 0.1) is 13.8 Å². The van der Waals surface area contributed by atoms with Crippen molar-refractivity contribution >= 4 is 33.9 Å². The van der Waals surface area contributed by atoms with Gasteiger partial charge in [-0.2, -0.15) is 0 Å². The third-order valence-corrected chi connectivity index (χ3v) is 10.5. The van der Waals surface area contributed by atoms with E-state index in [9.17, 15) is 0 Å². The molecule has 0 radical (unpaired) electrons. The number of para-hydroxylation sites is 2. The van der Waals surface area contributed by atoms with Crippen LogP contribution in [0.15, 0.2) is 129 Å². The molecule has 0 saturated carbocycles. The second kappa shape index (κ2) is 15.9. The van der Waals surface area contributed by atoms with Crippen LogP contribution < -0.4 is 18.3 Å². The number of fused-ring (bicyclic) bond motifs is 4. The van der Waals surface area contributed by atoms with Gasteiger partial charge in [0, 0.05) is 34.1 Å². The number of hydrogen-bond acceptors (Lipinski definition) is 7. The highest BCUT2D eigenvalue weighted by Gasteiger charge is 2.30. The van der Waals surface area contributed by atoms with Crippen LogP contribution in [0.25, 0.3) is 28.2 Å². The van der Waals surface area contributed by atoms with Crippen LogP contribution >= 0.6 is 16.8 Å². The van der Waals surface area contributed by atoms with E-state index in [4.69, 9.17) is 31.2 Å². The van der Waals surface area contributed by atoms with E-state index in [1.807, 2.05) is 105 Å². The maximum absolute atomic E-state index is 6.73. The quantitative estimate of drug-likeness (QED) is 0.148. The lowest BCUT2D eigenvalue weighted by Gasteiger charge is -2.21. The number of allylic oxidation sites excluding steroid dienone is 7. The summed E-state index contributed by atoms with van der Waals surface area (Å²) in [6.07, 6.45) is 17.5. The molecule has 2 atom stereocenters. The lowest BCUT2D eigenvalue weighted by atomic mass is 9.99. The number of methoxy groups -OCH3 is 1. The van der Waals surface area contributed by atoms with E-state index in [0.717, 1.165) is 80.9 Å². The Morgan fingerprint density at radius 2 is 1.67 bits per heavy atom. The molecule has 0 spiro atoms. The second-order valence-electron chi connectivity index (χ2n) is 12.3. The monoisotopic (exact) mass is 718 g/mol. The van der Waals surface area contributed by atoms with E-state index >= 15 is 0 Å². The Labute approximate surface area is 301 Å². The molecule has 2 unspecified atom stereocenters. The third-order valence-electron chi connectivity index (χ3n) is 8.45. The van der Waals surface area contributed by atoms with Crippen molar-refractivity contribution in [3.8, 4) is 34.1 Å². The normalized spacial score (nSPS) is 17.0. The van der Waals surface area contributed by atoms with Crippen LogP contribution in [0.5, 0.6) is 23.0 Å². The standard InChI is InChI=1S/C42H40O7P2/c1-5-6-9-17-32-28-31-16-12-14-20-37(31)45-50(44-32)49-42-36(26-30(3)27-41(42)43-4)35-25-29(2)23-24-40(35)48-51-46-38-21-11-8-7-10-18-33(38)34-19-13-15-22-39(34)47-51/h6-9,11-17,19-27H,5,10,18,28H2,1-4H3/b8-7-,9-6-,21-11?,32-17+. The highest BCUT2D eigenvalue weighted by Crippen LogP contribution is 2.54. The first-order valence-electron chi connectivity index (χ1n) is 17.1. The Bertz CT molecular complexity index is 2210. The molecule has 4 aromatic carbocycles. The van der Waals surface area contributed by atoms with Gasteiger partial charge in [-0.15, -0.1) is 0 Å². The molecule has 51 heavy (non-hydrogen) atoms. The van der Waals surface area contributed by atoms with Crippen molar-refractivity contribution in [3.05, 3.63) is 149 Å². The molecule has 5 aromatic rings. The van der Waals surface area contributed by atoms with Crippen molar-refractivity contribution in [2.45, 2.75) is 46.5 Å². The number of hydrogen-bond donors (Lipinski definition) is 0. The zero-order chi connectivity index (χ0) is 35.2. The van der Waals surface area contributed by atoms with Crippen LogP contribution in [0.3, 0.4) is 0 Å². The van der Waals surface area contributed by atoms with Gasteiger partial charge in [0.1, 0.15) is 28.6 Å². The molecule has 1 aromatic heterocycles. The Morgan fingerprint density at radius 1 is 0.824 bits per heavy atom. The van der Waals surface area contributed by atoms with Gasteiger partial charge in [-0.1, -0.05) is 85.3 Å². The minimum absolute atomic E-state index is 0.480. The fourth-order valence-electron chi connectivity index (χ4n) is 6.00. The van der Waals surface area contributed by atoms with E-state index in [-0.39, 0.29) is 0 Å². The molecule has 9 heteroatoms. The first kappa shape index (κ1) is 34.4. The SMILES string of the molecule is CC/C=C\C=C1/Cc2ccccc2OP(Oc2c(OC)cc(C)cc2-c2cc(C)ccc2Op2oc3c(c4ccccc4o2)CC/C=C\C=C3)O1. The Kier molecular flexibility index (Phi) is 10.7. The maximum atomic E-state index is 6.73. The molecule has 2 heterocycles. The average Bonchev–Trinajstić information content (AvgIpc) is 3.38. The summed E-state index contributed by atoms with van der Waals surface area (Å²) in [5.74, 6) is 3.82. The van der Waals surface area contributed by atoms with Crippen LogP contribution in [-0.4, -0.2) is 7.11 Å². The summed E-state index contributed by atoms with van der Waals surface area (Å²) in [6, 6.07) is 26.0. The van der Waals surface area contributed by atoms with Crippen molar-refractivity contribution in [1.82, 2.24) is 0 Å². The largest absolute Gasteiger partial charge is 0.530 e. The Hall–Kier alpha value is -5.09. The fourth-order valence-corrected chi connectivity index (χ4v) is 8.19. The molecule has 1 aliphatic carbocycles. The zero-order valence-corrected chi connectivity index (χ0v) is 30.9. The molecule has 0 amide bonds. The molecule has 1 aliphatic heterocycles. The van der Waals surface area contributed by atoms with Gasteiger partial charge in [0.2, 0.25) is 0 Å². The molecular weight excluding hydrogens is 678 g/mol. The predicted octanol–water partition coefficient (Wildman–Crippen LogP) is 12.9. The molecule has 0 saturated heterocycles. The van der Waals surface area contributed by atoms with Crippen LogP contribution in [0.1, 0.15) is 47.8 Å². The summed E-state index contributed by atoms with van der Waals surface area (Å²) in [6.45, 7) is 6.17. The van der Waals surface area contributed by atoms with E-state index < -0.39 is 16.8 Å². The highest BCUT2D eigenvalue weighted by atomic mass is 31.2. The maximum Gasteiger partial charge on any atom is 0.530 e. The van der Waals surface area contributed by atoms with Gasteiger partial charge in [-0.3, -0.25) is 0 Å². The lowest BCUT2D eigenvalue weighted by molar-refractivity contribution is 0.325. The Morgan fingerprint density at radius 3 is 2.55 bits per heavy atom. The minimum atomic E-state index is -1.93.